The summed E-state index contributed by atoms with van der Waals surface area (Å²) in [6, 6.07) is 11.0. The van der Waals surface area contributed by atoms with Crippen molar-refractivity contribution in [2.24, 2.45) is 0 Å². The van der Waals surface area contributed by atoms with Gasteiger partial charge in [0.1, 0.15) is 5.65 Å². The fourth-order valence-corrected chi connectivity index (χ4v) is 5.60. The predicted molar refractivity (Wildman–Crippen MR) is 151 cm³/mol. The summed E-state index contributed by atoms with van der Waals surface area (Å²) in [6.45, 7) is 6.90. The lowest BCUT2D eigenvalue weighted by Gasteiger charge is -2.32. The van der Waals surface area contributed by atoms with E-state index in [-0.39, 0.29) is 18.2 Å². The summed E-state index contributed by atoms with van der Waals surface area (Å²) < 4.78 is 2.00. The average molecular weight is 515 g/mol. The van der Waals surface area contributed by atoms with E-state index in [1.807, 2.05) is 30.8 Å². The Morgan fingerprint density at radius 3 is 2.58 bits per heavy atom. The Balaban J connectivity index is 1.42. The number of carbonyl (C=O) groups is 2. The highest BCUT2D eigenvalue weighted by atomic mass is 16.2. The Bertz CT molecular complexity index is 1470. The zero-order chi connectivity index (χ0) is 27.0. The highest BCUT2D eigenvalue weighted by Gasteiger charge is 2.24. The van der Waals surface area contributed by atoms with Gasteiger partial charge in [0.15, 0.2) is 0 Å². The largest absolute Gasteiger partial charge is 0.359 e. The first-order valence-electron chi connectivity index (χ1n) is 13.5. The van der Waals surface area contributed by atoms with Gasteiger partial charge >= 0.3 is 0 Å². The van der Waals surface area contributed by atoms with Crippen LogP contribution >= 0.6 is 0 Å². The Morgan fingerprint density at radius 2 is 1.89 bits per heavy atom. The number of rotatable bonds is 7. The van der Waals surface area contributed by atoms with E-state index in [1.54, 1.807) is 11.9 Å². The molecule has 0 radical (unpaired) electrons. The fourth-order valence-electron chi connectivity index (χ4n) is 5.60. The van der Waals surface area contributed by atoms with E-state index in [0.29, 0.717) is 18.4 Å². The zero-order valence-electron chi connectivity index (χ0n) is 23.0. The highest BCUT2D eigenvalue weighted by Crippen LogP contribution is 2.38. The molecule has 8 heteroatoms. The molecule has 200 valence electrons. The van der Waals surface area contributed by atoms with Crippen molar-refractivity contribution in [3.8, 4) is 11.3 Å². The van der Waals surface area contributed by atoms with Gasteiger partial charge in [0.25, 0.3) is 0 Å². The number of aromatic amines is 1. The molecule has 1 saturated heterocycles. The van der Waals surface area contributed by atoms with Gasteiger partial charge in [-0.15, -0.1) is 0 Å². The summed E-state index contributed by atoms with van der Waals surface area (Å²) >= 11 is 0. The topological polar surface area (TPSA) is 85.7 Å². The van der Waals surface area contributed by atoms with Crippen molar-refractivity contribution >= 4 is 28.4 Å². The van der Waals surface area contributed by atoms with Gasteiger partial charge in [-0.2, -0.15) is 0 Å². The molecule has 2 amide bonds. The van der Waals surface area contributed by atoms with Gasteiger partial charge in [0, 0.05) is 50.0 Å². The summed E-state index contributed by atoms with van der Waals surface area (Å²) in [4.78, 5) is 36.2. The van der Waals surface area contributed by atoms with Crippen molar-refractivity contribution in [3.05, 3.63) is 59.5 Å². The number of hydrogen-bond acceptors (Lipinski definition) is 4. The van der Waals surface area contributed by atoms with E-state index >= 15 is 0 Å². The van der Waals surface area contributed by atoms with Crippen LogP contribution in [0.4, 0.5) is 0 Å². The zero-order valence-corrected chi connectivity index (χ0v) is 23.0. The van der Waals surface area contributed by atoms with Crippen LogP contribution < -0.4 is 5.32 Å². The number of aromatic nitrogens is 3. The van der Waals surface area contributed by atoms with Gasteiger partial charge in [-0.1, -0.05) is 19.9 Å². The molecular formula is C30H38N6O2. The number of amides is 2. The van der Waals surface area contributed by atoms with Crippen LogP contribution in [0.15, 0.2) is 42.7 Å². The molecule has 0 aliphatic carbocycles. The third-order valence-electron chi connectivity index (χ3n) is 7.77. The number of piperidine rings is 1. The molecule has 38 heavy (non-hydrogen) atoms. The molecule has 8 nitrogen and oxygen atoms in total. The van der Waals surface area contributed by atoms with Crippen molar-refractivity contribution in [3.63, 3.8) is 0 Å². The molecule has 0 atom stereocenters. The van der Waals surface area contributed by atoms with E-state index in [0.717, 1.165) is 54.0 Å². The minimum absolute atomic E-state index is 0.0464. The van der Waals surface area contributed by atoms with Crippen LogP contribution in [0.2, 0.25) is 0 Å². The molecule has 2 N–H and O–H groups in total. The molecule has 1 aromatic carbocycles. The Hall–Kier alpha value is -3.65. The van der Waals surface area contributed by atoms with Crippen molar-refractivity contribution in [2.75, 3.05) is 40.8 Å². The third kappa shape index (κ3) is 5.18. The second-order valence-electron chi connectivity index (χ2n) is 11.0. The number of fused-ring (bicyclic) bond motifs is 2. The highest BCUT2D eigenvalue weighted by molar-refractivity contribution is 5.92. The first-order chi connectivity index (χ1) is 18.2. The Kier molecular flexibility index (Phi) is 7.25. The maximum absolute atomic E-state index is 12.1. The van der Waals surface area contributed by atoms with Gasteiger partial charge < -0.3 is 19.6 Å². The van der Waals surface area contributed by atoms with Gasteiger partial charge in [-0.05, 0) is 73.2 Å². The number of pyridine rings is 1. The molecule has 5 rings (SSSR count). The maximum atomic E-state index is 12.1. The molecule has 1 aliphatic heterocycles. The minimum Gasteiger partial charge on any atom is -0.359 e. The summed E-state index contributed by atoms with van der Waals surface area (Å²) in [5.74, 6) is 0.970. The van der Waals surface area contributed by atoms with Crippen molar-refractivity contribution < 1.29 is 9.59 Å². The maximum Gasteiger partial charge on any atom is 0.236 e. The van der Waals surface area contributed by atoms with E-state index in [2.05, 4.69) is 64.5 Å². The number of nitrogens with one attached hydrogen (secondary N) is 2. The summed E-state index contributed by atoms with van der Waals surface area (Å²) in [7, 11) is 5.28. The molecule has 4 aromatic rings. The molecule has 0 unspecified atom stereocenters. The number of carbonyl (C=O) groups excluding carboxylic acids is 2. The predicted octanol–water partition coefficient (Wildman–Crippen LogP) is 4.16. The first-order valence-corrected chi connectivity index (χ1v) is 13.5. The number of imidazole rings is 1. The first kappa shape index (κ1) is 26.0. The van der Waals surface area contributed by atoms with Crippen LogP contribution in [0.25, 0.3) is 27.8 Å². The summed E-state index contributed by atoms with van der Waals surface area (Å²) in [5.41, 5.74) is 7.66. The van der Waals surface area contributed by atoms with Crippen LogP contribution in [-0.4, -0.2) is 76.8 Å². The van der Waals surface area contributed by atoms with Crippen LogP contribution in [0, 0.1) is 0 Å². The number of nitrogens with zero attached hydrogens (tertiary/aromatic N) is 4. The fraction of sp³-hybridized carbons (Fsp3) is 0.433. The molecule has 3 aromatic heterocycles. The SMILES string of the molecule is CNC(=O)Cc1cn2cc(-c3[nH]c4ccc(C5CCN(CC(=O)N(C)C)CC5)cc4c3C(C)C)ccc2n1. The molecular weight excluding hydrogens is 476 g/mol. The summed E-state index contributed by atoms with van der Waals surface area (Å²) in [6.07, 6.45) is 6.43. The van der Waals surface area contributed by atoms with E-state index in [4.69, 9.17) is 0 Å². The number of H-pyrrole nitrogens is 1. The molecule has 0 spiro atoms. The normalized spacial score (nSPS) is 15.0. The standard InChI is InChI=1S/C30H38N6O2/c1-19(2)29-24-14-21(20-10-12-35(13-11-20)18-28(38)34(4)5)6-8-25(24)33-30(29)22-7-9-26-32-23(15-27(37)31-3)17-36(26)16-22/h6-9,14,16-17,19-20,33H,10-13,15,18H2,1-5H3,(H,31,37). The smallest absolute Gasteiger partial charge is 0.236 e. The van der Waals surface area contributed by atoms with Crippen molar-refractivity contribution in [1.82, 2.24) is 29.5 Å². The number of likely N-dealkylation sites (tertiary alicyclic amines) is 1. The third-order valence-corrected chi connectivity index (χ3v) is 7.77. The molecule has 1 fully saturated rings. The lowest BCUT2D eigenvalue weighted by atomic mass is 9.87. The van der Waals surface area contributed by atoms with Gasteiger partial charge in [0.05, 0.1) is 24.4 Å². The van der Waals surface area contributed by atoms with Gasteiger partial charge in [-0.25, -0.2) is 4.98 Å². The van der Waals surface area contributed by atoms with Crippen LogP contribution in [0.5, 0.6) is 0 Å². The van der Waals surface area contributed by atoms with Crippen LogP contribution in [0.3, 0.4) is 0 Å². The van der Waals surface area contributed by atoms with Crippen LogP contribution in [-0.2, 0) is 16.0 Å². The quantitative estimate of drug-likeness (QED) is 0.388. The van der Waals surface area contributed by atoms with Gasteiger partial charge in [-0.3, -0.25) is 14.5 Å². The van der Waals surface area contributed by atoms with E-state index in [9.17, 15) is 9.59 Å². The molecule has 4 heterocycles. The van der Waals surface area contributed by atoms with Crippen molar-refractivity contribution in [1.29, 1.82) is 0 Å². The Morgan fingerprint density at radius 1 is 1.13 bits per heavy atom. The molecule has 0 saturated carbocycles. The lowest BCUT2D eigenvalue weighted by molar-refractivity contribution is -0.130. The van der Waals surface area contributed by atoms with Crippen LogP contribution in [0.1, 0.15) is 55.3 Å². The van der Waals surface area contributed by atoms with E-state index in [1.165, 1.54) is 16.5 Å². The second-order valence-corrected chi connectivity index (χ2v) is 11.0. The number of likely N-dealkylation sites (N-methyl/N-ethyl adjacent to an activating group) is 2. The Labute approximate surface area is 224 Å². The van der Waals surface area contributed by atoms with E-state index < -0.39 is 0 Å². The average Bonchev–Trinajstić information content (AvgIpc) is 3.48. The minimum atomic E-state index is -0.0464. The van der Waals surface area contributed by atoms with Gasteiger partial charge in [0.2, 0.25) is 11.8 Å². The number of benzene rings is 1. The monoisotopic (exact) mass is 514 g/mol. The second kappa shape index (κ2) is 10.6. The molecule has 1 aliphatic rings. The van der Waals surface area contributed by atoms with Crippen molar-refractivity contribution in [2.45, 2.75) is 44.9 Å². The number of hydrogen-bond donors (Lipinski definition) is 2. The summed E-state index contributed by atoms with van der Waals surface area (Å²) in [5, 5.41) is 3.94. The molecule has 0 bridgehead atoms. The lowest BCUT2D eigenvalue weighted by Crippen LogP contribution is -2.40.